The minimum absolute atomic E-state index is 0.143. The van der Waals surface area contributed by atoms with E-state index in [2.05, 4.69) is 0 Å². The molecule has 9 heteroatoms. The molecule has 4 aromatic rings. The molecule has 1 N–H and O–H groups in total. The minimum Gasteiger partial charge on any atom is -0.456 e. The van der Waals surface area contributed by atoms with E-state index in [9.17, 15) is 19.5 Å². The van der Waals surface area contributed by atoms with E-state index in [0.717, 1.165) is 5.56 Å². The molecule has 0 saturated carbocycles. The summed E-state index contributed by atoms with van der Waals surface area (Å²) in [5.41, 5.74) is 1.57. The minimum atomic E-state index is -2.38. The highest BCUT2D eigenvalue weighted by Gasteiger charge is 2.60. The summed E-state index contributed by atoms with van der Waals surface area (Å²) in [4.78, 5) is 39.1. The Morgan fingerprint density at radius 3 is 1.65 bits per heavy atom. The van der Waals surface area contributed by atoms with Gasteiger partial charge in [0.2, 0.25) is 5.79 Å². The molecule has 0 bridgehead atoms. The number of carbonyl (C=O) groups excluding carboxylic acids is 3. The van der Waals surface area contributed by atoms with Crippen LogP contribution in [0.2, 0.25) is 0 Å². The first kappa shape index (κ1) is 29.7. The summed E-state index contributed by atoms with van der Waals surface area (Å²) in [5.74, 6) is -4.63. The molecule has 0 aromatic heterocycles. The number of carbonyl (C=O) groups is 3. The van der Waals surface area contributed by atoms with E-state index in [0.29, 0.717) is 0 Å². The molecule has 0 amide bonds. The average Bonchev–Trinajstić information content (AvgIpc) is 3.31. The third-order valence-electron chi connectivity index (χ3n) is 6.77. The number of aliphatic hydroxyl groups is 1. The van der Waals surface area contributed by atoms with Crippen molar-refractivity contribution in [3.63, 3.8) is 0 Å². The third-order valence-corrected chi connectivity index (χ3v) is 6.77. The Kier molecular flexibility index (Phi) is 9.58. The Bertz CT molecular complexity index is 1500. The Hall–Kier alpha value is -4.83. The predicted molar refractivity (Wildman–Crippen MR) is 154 cm³/mol. The molecule has 1 saturated heterocycles. The summed E-state index contributed by atoms with van der Waals surface area (Å²) in [7, 11) is 0. The molecule has 1 aliphatic heterocycles. The van der Waals surface area contributed by atoms with Gasteiger partial charge in [-0.2, -0.15) is 0 Å². The monoisotopic (exact) mass is 582 g/mol. The van der Waals surface area contributed by atoms with Gasteiger partial charge in [-0.1, -0.05) is 84.9 Å². The SMILES string of the molecule is O=C(OCC1(O)O[C@H](COCc2ccccc2)[C@@H](OC(=O)c2ccccc2)[C@H]1OC(=O)c1ccccc1)c1ccccc1. The van der Waals surface area contributed by atoms with Gasteiger partial charge in [0.05, 0.1) is 29.9 Å². The first-order chi connectivity index (χ1) is 20.9. The maximum absolute atomic E-state index is 13.2. The van der Waals surface area contributed by atoms with Crippen molar-refractivity contribution < 1.29 is 43.2 Å². The van der Waals surface area contributed by atoms with Crippen molar-refractivity contribution in [1.82, 2.24) is 0 Å². The third kappa shape index (κ3) is 7.52. The smallest absolute Gasteiger partial charge is 0.338 e. The van der Waals surface area contributed by atoms with Crippen molar-refractivity contribution >= 4 is 17.9 Å². The molecule has 0 spiro atoms. The van der Waals surface area contributed by atoms with Crippen LogP contribution in [0, 0.1) is 0 Å². The molecule has 43 heavy (non-hydrogen) atoms. The van der Waals surface area contributed by atoms with Crippen LogP contribution < -0.4 is 0 Å². The van der Waals surface area contributed by atoms with Gasteiger partial charge in [-0.15, -0.1) is 0 Å². The van der Waals surface area contributed by atoms with E-state index in [1.54, 1.807) is 78.9 Å². The van der Waals surface area contributed by atoms with Crippen molar-refractivity contribution in [3.05, 3.63) is 144 Å². The van der Waals surface area contributed by atoms with Gasteiger partial charge in [0.15, 0.2) is 12.2 Å². The number of hydrogen-bond donors (Lipinski definition) is 1. The Morgan fingerprint density at radius 1 is 0.651 bits per heavy atom. The summed E-state index contributed by atoms with van der Waals surface area (Å²) in [6.45, 7) is -0.659. The van der Waals surface area contributed by atoms with Gasteiger partial charge in [0, 0.05) is 0 Å². The Balaban J connectivity index is 1.42. The lowest BCUT2D eigenvalue weighted by atomic mass is 10.0. The molecule has 220 valence electrons. The number of benzene rings is 4. The highest BCUT2D eigenvalue weighted by Crippen LogP contribution is 2.36. The first-order valence-electron chi connectivity index (χ1n) is 13.7. The fraction of sp³-hybridized carbons (Fsp3) is 0.206. The van der Waals surface area contributed by atoms with Crippen LogP contribution in [0.15, 0.2) is 121 Å². The Labute approximate surface area is 248 Å². The van der Waals surface area contributed by atoms with Crippen molar-refractivity contribution in [3.8, 4) is 0 Å². The first-order valence-corrected chi connectivity index (χ1v) is 13.7. The summed E-state index contributed by atoms with van der Waals surface area (Å²) >= 11 is 0. The fourth-order valence-corrected chi connectivity index (χ4v) is 4.61. The number of hydrogen-bond acceptors (Lipinski definition) is 9. The maximum atomic E-state index is 13.2. The van der Waals surface area contributed by atoms with Crippen molar-refractivity contribution in [2.45, 2.75) is 30.7 Å². The average molecular weight is 583 g/mol. The zero-order valence-corrected chi connectivity index (χ0v) is 23.1. The summed E-state index contributed by atoms with van der Waals surface area (Å²) < 4.78 is 28.8. The molecule has 4 aromatic carbocycles. The topological polar surface area (TPSA) is 118 Å². The summed E-state index contributed by atoms with van der Waals surface area (Å²) in [5, 5.41) is 11.8. The van der Waals surface area contributed by atoms with Crippen molar-refractivity contribution in [2.24, 2.45) is 0 Å². The van der Waals surface area contributed by atoms with E-state index in [1.165, 1.54) is 12.1 Å². The zero-order valence-electron chi connectivity index (χ0n) is 23.1. The van der Waals surface area contributed by atoms with E-state index >= 15 is 0 Å². The molecule has 5 rings (SSSR count). The van der Waals surface area contributed by atoms with Crippen molar-refractivity contribution in [1.29, 1.82) is 0 Å². The summed E-state index contributed by atoms with van der Waals surface area (Å²) in [6.07, 6.45) is -4.00. The molecule has 1 heterocycles. The second-order valence-electron chi connectivity index (χ2n) is 9.87. The van der Waals surface area contributed by atoms with Gasteiger partial charge >= 0.3 is 17.9 Å². The molecule has 0 radical (unpaired) electrons. The van der Waals surface area contributed by atoms with Gasteiger partial charge in [-0.3, -0.25) is 0 Å². The van der Waals surface area contributed by atoms with Crippen LogP contribution in [0.1, 0.15) is 36.6 Å². The molecular formula is C34H30O9. The number of rotatable bonds is 11. The number of ether oxygens (including phenoxy) is 5. The molecule has 0 aliphatic carbocycles. The van der Waals surface area contributed by atoms with E-state index in [1.807, 2.05) is 30.3 Å². The van der Waals surface area contributed by atoms with Crippen LogP contribution in [0.4, 0.5) is 0 Å². The van der Waals surface area contributed by atoms with Crippen LogP contribution >= 0.6 is 0 Å². The lowest BCUT2D eigenvalue weighted by Crippen LogP contribution is -2.50. The van der Waals surface area contributed by atoms with E-state index < -0.39 is 48.6 Å². The standard InChI is InChI=1S/C34H30O9/c35-31(25-15-7-2-8-16-25)40-23-34(38)30(42-33(37)27-19-11-4-12-20-27)29(41-32(36)26-17-9-3-10-18-26)28(43-34)22-39-21-24-13-5-1-6-14-24/h1-20,28-30,38H,21-23H2/t28-,29-,30-,34?/m1/s1. The van der Waals surface area contributed by atoms with E-state index in [4.69, 9.17) is 23.7 Å². The number of esters is 3. The van der Waals surface area contributed by atoms with E-state index in [-0.39, 0.29) is 29.9 Å². The second kappa shape index (κ2) is 13.9. The van der Waals surface area contributed by atoms with Crippen molar-refractivity contribution in [2.75, 3.05) is 13.2 Å². The molecule has 9 nitrogen and oxygen atoms in total. The van der Waals surface area contributed by atoms with Crippen LogP contribution in [0.25, 0.3) is 0 Å². The normalized spacial score (nSPS) is 21.1. The van der Waals surface area contributed by atoms with Gasteiger partial charge in [0.25, 0.3) is 0 Å². The Morgan fingerprint density at radius 2 is 1.12 bits per heavy atom. The molecular weight excluding hydrogens is 552 g/mol. The largest absolute Gasteiger partial charge is 0.456 e. The zero-order chi connectivity index (χ0) is 30.1. The lowest BCUT2D eigenvalue weighted by molar-refractivity contribution is -0.249. The lowest BCUT2D eigenvalue weighted by Gasteiger charge is -2.29. The van der Waals surface area contributed by atoms with Crippen LogP contribution in [0.5, 0.6) is 0 Å². The van der Waals surface area contributed by atoms with Gasteiger partial charge in [-0.05, 0) is 42.0 Å². The molecule has 1 fully saturated rings. The highest BCUT2D eigenvalue weighted by molar-refractivity contribution is 5.91. The fourth-order valence-electron chi connectivity index (χ4n) is 4.61. The molecule has 4 atom stereocenters. The molecule has 1 aliphatic rings. The van der Waals surface area contributed by atoms with Crippen LogP contribution in [0.3, 0.4) is 0 Å². The highest BCUT2D eigenvalue weighted by atomic mass is 16.7. The predicted octanol–water partition coefficient (Wildman–Crippen LogP) is 4.60. The van der Waals surface area contributed by atoms with Crippen LogP contribution in [-0.4, -0.2) is 60.3 Å². The summed E-state index contributed by atoms with van der Waals surface area (Å²) in [6, 6.07) is 33.9. The molecule has 1 unspecified atom stereocenters. The van der Waals surface area contributed by atoms with Gasteiger partial charge in [0.1, 0.15) is 12.7 Å². The quantitative estimate of drug-likeness (QED) is 0.200. The van der Waals surface area contributed by atoms with Gasteiger partial charge in [-0.25, -0.2) is 14.4 Å². The maximum Gasteiger partial charge on any atom is 0.338 e. The van der Waals surface area contributed by atoms with Gasteiger partial charge < -0.3 is 28.8 Å². The second-order valence-corrected chi connectivity index (χ2v) is 9.87. The van der Waals surface area contributed by atoms with Crippen LogP contribution in [-0.2, 0) is 30.3 Å².